The van der Waals surface area contributed by atoms with Gasteiger partial charge in [0.1, 0.15) is 0 Å². The Hall–Kier alpha value is -7.88. The molecule has 3 nitrogen and oxygen atoms in total. The minimum Gasteiger partial charge on any atom is -0.291 e. The van der Waals surface area contributed by atoms with Gasteiger partial charge in [0.05, 0.1) is 5.69 Å². The fourth-order valence-electron chi connectivity index (χ4n) is 12.7. The first-order valence-corrected chi connectivity index (χ1v) is 24.0. The summed E-state index contributed by atoms with van der Waals surface area (Å²) >= 11 is 0. The number of benzene rings is 9. The Morgan fingerprint density at radius 2 is 0.809 bits per heavy atom. The standard InChI is InChI=1S/C65H49N3/c1-63(2)53-17-10-7-14-43(53)46-27-25-41(33-56(46)63)60-48-29-24-40(38-20-22-39(23-21-38)59-37-68-31-13-30-66-62(68)67-59)32-50(48)61(42-26-28-47-44-15-8-11-18-54(44)64(3,4)57(47)34-42)52-36-58-49(35-51(52)60)45-16-9-12-19-55(45)65(58,5)6/h7-37H,1-6H3. The van der Waals surface area contributed by atoms with Gasteiger partial charge in [-0.15, -0.1) is 0 Å². The van der Waals surface area contributed by atoms with Crippen molar-refractivity contribution in [2.45, 2.75) is 57.8 Å². The van der Waals surface area contributed by atoms with Gasteiger partial charge in [0.15, 0.2) is 0 Å². The number of rotatable bonds is 4. The van der Waals surface area contributed by atoms with Crippen LogP contribution in [0.3, 0.4) is 0 Å². The first-order chi connectivity index (χ1) is 33.0. The van der Waals surface area contributed by atoms with Crippen molar-refractivity contribution in [3.05, 3.63) is 222 Å². The van der Waals surface area contributed by atoms with Crippen LogP contribution in [-0.2, 0) is 16.2 Å². The number of fused-ring (bicyclic) bond motifs is 12. The van der Waals surface area contributed by atoms with Crippen LogP contribution in [0.2, 0.25) is 0 Å². The fraction of sp³-hybridized carbons (Fsp3) is 0.138. The molecule has 2 heterocycles. The van der Waals surface area contributed by atoms with E-state index in [0.717, 1.165) is 11.3 Å². The highest BCUT2D eigenvalue weighted by Crippen LogP contribution is 2.56. The first kappa shape index (κ1) is 39.3. The second-order valence-electron chi connectivity index (χ2n) is 21.0. The Kier molecular flexibility index (Phi) is 7.87. The fourth-order valence-corrected chi connectivity index (χ4v) is 12.7. The minimum absolute atomic E-state index is 0.133. The van der Waals surface area contributed by atoms with Gasteiger partial charge in [0.25, 0.3) is 0 Å². The van der Waals surface area contributed by atoms with E-state index in [1.807, 2.05) is 16.7 Å². The first-order valence-electron chi connectivity index (χ1n) is 24.0. The molecule has 0 spiro atoms. The maximum atomic E-state index is 4.83. The lowest BCUT2D eigenvalue weighted by Crippen LogP contribution is -2.15. The molecule has 9 aromatic carbocycles. The van der Waals surface area contributed by atoms with Crippen molar-refractivity contribution in [1.29, 1.82) is 0 Å². The summed E-state index contributed by atoms with van der Waals surface area (Å²) in [5.74, 6) is 0.699. The third-order valence-electron chi connectivity index (χ3n) is 16.3. The zero-order valence-electron chi connectivity index (χ0n) is 39.2. The van der Waals surface area contributed by atoms with E-state index in [1.165, 1.54) is 122 Å². The van der Waals surface area contributed by atoms with Crippen molar-refractivity contribution < 1.29 is 0 Å². The summed E-state index contributed by atoms with van der Waals surface area (Å²) in [5, 5.41) is 5.09. The Balaban J connectivity index is 1.07. The summed E-state index contributed by atoms with van der Waals surface area (Å²) in [4.78, 5) is 9.29. The van der Waals surface area contributed by atoms with Crippen LogP contribution in [0.25, 0.3) is 105 Å². The molecular weight excluding hydrogens is 823 g/mol. The second kappa shape index (κ2) is 13.6. The smallest absolute Gasteiger partial charge is 0.234 e. The van der Waals surface area contributed by atoms with Gasteiger partial charge < -0.3 is 0 Å². The number of hydrogen-bond donors (Lipinski definition) is 0. The predicted octanol–water partition coefficient (Wildman–Crippen LogP) is 16.6. The van der Waals surface area contributed by atoms with E-state index in [4.69, 9.17) is 4.98 Å². The van der Waals surface area contributed by atoms with Gasteiger partial charge >= 0.3 is 0 Å². The molecule has 68 heavy (non-hydrogen) atoms. The molecule has 0 saturated carbocycles. The molecule has 0 radical (unpaired) electrons. The monoisotopic (exact) mass is 871 g/mol. The summed E-state index contributed by atoms with van der Waals surface area (Å²) in [6, 6.07) is 64.8. The van der Waals surface area contributed by atoms with Gasteiger partial charge in [-0.25, -0.2) is 9.97 Å². The highest BCUT2D eigenvalue weighted by molar-refractivity contribution is 6.23. The molecule has 2 aromatic heterocycles. The van der Waals surface area contributed by atoms with Crippen LogP contribution in [0.4, 0.5) is 0 Å². The molecule has 14 rings (SSSR count). The Morgan fingerprint density at radius 3 is 1.40 bits per heavy atom. The maximum Gasteiger partial charge on any atom is 0.234 e. The maximum absolute atomic E-state index is 4.83. The van der Waals surface area contributed by atoms with Gasteiger partial charge in [-0.3, -0.25) is 4.40 Å². The molecule has 11 aromatic rings. The number of hydrogen-bond acceptors (Lipinski definition) is 2. The van der Waals surface area contributed by atoms with Crippen molar-refractivity contribution >= 4 is 27.3 Å². The summed E-state index contributed by atoms with van der Waals surface area (Å²) in [5.41, 5.74) is 25.3. The van der Waals surface area contributed by atoms with Crippen LogP contribution < -0.4 is 0 Å². The lowest BCUT2D eigenvalue weighted by atomic mass is 9.77. The number of imidazole rings is 1. The Morgan fingerprint density at radius 1 is 0.353 bits per heavy atom. The van der Waals surface area contributed by atoms with E-state index in [0.29, 0.717) is 5.78 Å². The highest BCUT2D eigenvalue weighted by Gasteiger charge is 2.39. The van der Waals surface area contributed by atoms with E-state index < -0.39 is 0 Å². The van der Waals surface area contributed by atoms with Gasteiger partial charge in [0.2, 0.25) is 5.78 Å². The molecule has 0 N–H and O–H groups in total. The molecule has 0 fully saturated rings. The molecule has 0 saturated heterocycles. The summed E-state index contributed by atoms with van der Waals surface area (Å²) < 4.78 is 1.98. The molecule has 0 aliphatic heterocycles. The summed E-state index contributed by atoms with van der Waals surface area (Å²) in [6.07, 6.45) is 5.84. The van der Waals surface area contributed by atoms with E-state index in [1.54, 1.807) is 6.20 Å². The summed E-state index contributed by atoms with van der Waals surface area (Å²) in [7, 11) is 0. The molecule has 3 heteroatoms. The predicted molar refractivity (Wildman–Crippen MR) is 282 cm³/mol. The number of nitrogens with zero attached hydrogens (tertiary/aromatic N) is 3. The highest BCUT2D eigenvalue weighted by atomic mass is 15.1. The van der Waals surface area contributed by atoms with E-state index in [9.17, 15) is 0 Å². The van der Waals surface area contributed by atoms with Crippen LogP contribution in [0.1, 0.15) is 74.9 Å². The van der Waals surface area contributed by atoms with Crippen molar-refractivity contribution in [1.82, 2.24) is 14.4 Å². The molecule has 3 aliphatic carbocycles. The zero-order valence-corrected chi connectivity index (χ0v) is 39.2. The van der Waals surface area contributed by atoms with Crippen molar-refractivity contribution in [3.63, 3.8) is 0 Å². The van der Waals surface area contributed by atoms with Gasteiger partial charge in [-0.2, -0.15) is 0 Å². The molecule has 0 atom stereocenters. The molecule has 0 amide bonds. The van der Waals surface area contributed by atoms with Crippen molar-refractivity contribution in [2.24, 2.45) is 0 Å². The normalized spacial score (nSPS) is 15.3. The lowest BCUT2D eigenvalue weighted by Gasteiger charge is -2.26. The van der Waals surface area contributed by atoms with Gasteiger partial charge in [0, 0.05) is 40.4 Å². The largest absolute Gasteiger partial charge is 0.291 e. The van der Waals surface area contributed by atoms with Gasteiger partial charge in [-0.05, 0) is 158 Å². The zero-order chi connectivity index (χ0) is 45.8. The van der Waals surface area contributed by atoms with E-state index in [2.05, 4.69) is 217 Å². The minimum atomic E-state index is -0.169. The average Bonchev–Trinajstić information content (AvgIpc) is 4.04. The van der Waals surface area contributed by atoms with Crippen LogP contribution >= 0.6 is 0 Å². The molecular formula is C65H49N3. The molecule has 0 bridgehead atoms. The average molecular weight is 872 g/mol. The quantitative estimate of drug-likeness (QED) is 0.165. The topological polar surface area (TPSA) is 30.2 Å². The molecule has 3 aliphatic rings. The van der Waals surface area contributed by atoms with E-state index in [-0.39, 0.29) is 16.2 Å². The number of aromatic nitrogens is 3. The lowest BCUT2D eigenvalue weighted by molar-refractivity contribution is 0.660. The van der Waals surface area contributed by atoms with Crippen molar-refractivity contribution in [2.75, 3.05) is 0 Å². The third-order valence-corrected chi connectivity index (χ3v) is 16.3. The van der Waals surface area contributed by atoms with Crippen molar-refractivity contribution in [3.8, 4) is 78.0 Å². The van der Waals surface area contributed by atoms with Crippen LogP contribution in [0.5, 0.6) is 0 Å². The second-order valence-corrected chi connectivity index (χ2v) is 21.0. The summed E-state index contributed by atoms with van der Waals surface area (Å²) in [6.45, 7) is 14.4. The SMILES string of the molecule is CC1(C)c2ccccc2-c2ccc(-c3c4ccc(-c5ccc(-c6cn7cccnc7n6)cc5)cc4c(-c4ccc5c(c4)C(C)(C)c4ccccc4-5)c4cc5c(cc34)-c3ccccc3C5(C)C)cc21. The van der Waals surface area contributed by atoms with E-state index >= 15 is 0 Å². The Bertz CT molecular complexity index is 3960. The molecule has 324 valence electrons. The Labute approximate surface area is 397 Å². The van der Waals surface area contributed by atoms with Crippen LogP contribution in [0.15, 0.2) is 188 Å². The van der Waals surface area contributed by atoms with Crippen LogP contribution in [0, 0.1) is 0 Å². The molecule has 0 unspecified atom stereocenters. The van der Waals surface area contributed by atoms with Gasteiger partial charge in [-0.1, -0.05) is 175 Å². The third kappa shape index (κ3) is 5.30. The van der Waals surface area contributed by atoms with Crippen LogP contribution in [-0.4, -0.2) is 14.4 Å².